The van der Waals surface area contributed by atoms with Crippen molar-refractivity contribution in [2.75, 3.05) is 11.9 Å². The molecular weight excluding hydrogens is 350 g/mol. The van der Waals surface area contributed by atoms with Crippen LogP contribution in [0.15, 0.2) is 12.1 Å². The van der Waals surface area contributed by atoms with Crippen LogP contribution in [0.2, 0.25) is 0 Å². The van der Waals surface area contributed by atoms with Crippen LogP contribution >= 0.6 is 15.9 Å². The van der Waals surface area contributed by atoms with Gasteiger partial charge in [0.05, 0.1) is 4.92 Å². The van der Waals surface area contributed by atoms with Crippen molar-refractivity contribution in [2.24, 2.45) is 5.41 Å². The first-order valence-electron chi connectivity index (χ1n) is 6.16. The Bertz CT molecular complexity index is 565. The quantitative estimate of drug-likeness (QED) is 0.477. The molecular formula is C13H15BrF2N2O3. The molecule has 0 radical (unpaired) electrons. The van der Waals surface area contributed by atoms with Gasteiger partial charge in [-0.05, 0) is 17.9 Å². The summed E-state index contributed by atoms with van der Waals surface area (Å²) in [7, 11) is 0. The van der Waals surface area contributed by atoms with Crippen molar-refractivity contribution < 1.29 is 18.5 Å². The molecule has 0 spiro atoms. The maximum absolute atomic E-state index is 13.9. The fraction of sp³-hybridized carbons (Fsp3) is 0.462. The molecule has 0 saturated carbocycles. The summed E-state index contributed by atoms with van der Waals surface area (Å²) in [5.41, 5.74) is -2.13. The normalized spacial score (nSPS) is 11.3. The van der Waals surface area contributed by atoms with Gasteiger partial charge in [-0.2, -0.15) is 4.39 Å². The Balaban J connectivity index is 2.98. The smallest absolute Gasteiger partial charge is 0.305 e. The molecule has 1 amide bonds. The van der Waals surface area contributed by atoms with Gasteiger partial charge >= 0.3 is 5.69 Å². The number of nitrogens with one attached hydrogen (secondary N) is 1. The van der Waals surface area contributed by atoms with Crippen molar-refractivity contribution in [2.45, 2.75) is 20.3 Å². The number of hydrogen-bond acceptors (Lipinski definition) is 3. The third-order valence-corrected chi connectivity index (χ3v) is 3.39. The predicted octanol–water partition coefficient (Wildman–Crippen LogP) is 3.41. The first-order chi connectivity index (χ1) is 9.69. The Kier molecular flexibility index (Phi) is 5.77. The van der Waals surface area contributed by atoms with Gasteiger partial charge in [0.25, 0.3) is 5.91 Å². The van der Waals surface area contributed by atoms with Gasteiger partial charge < -0.3 is 5.32 Å². The molecule has 0 fully saturated rings. The topological polar surface area (TPSA) is 72.2 Å². The highest BCUT2D eigenvalue weighted by molar-refractivity contribution is 9.09. The number of rotatable bonds is 6. The van der Waals surface area contributed by atoms with Crippen LogP contribution in [0.3, 0.4) is 0 Å². The Morgan fingerprint density at radius 1 is 1.43 bits per heavy atom. The van der Waals surface area contributed by atoms with Crippen molar-refractivity contribution in [3.63, 3.8) is 0 Å². The zero-order valence-electron chi connectivity index (χ0n) is 11.6. The molecule has 21 heavy (non-hydrogen) atoms. The van der Waals surface area contributed by atoms with E-state index in [2.05, 4.69) is 21.2 Å². The molecule has 0 aromatic heterocycles. The summed E-state index contributed by atoms with van der Waals surface area (Å²) >= 11 is 3.28. The van der Waals surface area contributed by atoms with E-state index in [-0.39, 0.29) is 12.0 Å². The molecule has 1 aromatic rings. The number of alkyl halides is 1. The molecule has 1 N–H and O–H groups in total. The largest absolute Gasteiger partial charge is 0.351 e. The van der Waals surface area contributed by atoms with Crippen LogP contribution in [-0.4, -0.2) is 22.7 Å². The van der Waals surface area contributed by atoms with E-state index in [4.69, 9.17) is 0 Å². The van der Waals surface area contributed by atoms with E-state index in [1.165, 1.54) is 0 Å². The first kappa shape index (κ1) is 17.5. The SMILES string of the molecule is CC(C)(CCBr)CNC(=O)c1c(F)ccc([N+](=O)[O-])c1F. The maximum atomic E-state index is 13.9. The number of benzene rings is 1. The Morgan fingerprint density at radius 3 is 2.57 bits per heavy atom. The monoisotopic (exact) mass is 364 g/mol. The zero-order chi connectivity index (χ0) is 16.2. The van der Waals surface area contributed by atoms with Crippen LogP contribution < -0.4 is 5.32 Å². The maximum Gasteiger partial charge on any atom is 0.305 e. The highest BCUT2D eigenvalue weighted by Gasteiger charge is 2.27. The van der Waals surface area contributed by atoms with E-state index < -0.39 is 33.7 Å². The third kappa shape index (κ3) is 4.45. The molecule has 0 atom stereocenters. The van der Waals surface area contributed by atoms with Crippen molar-refractivity contribution in [3.8, 4) is 0 Å². The molecule has 5 nitrogen and oxygen atoms in total. The van der Waals surface area contributed by atoms with Gasteiger partial charge in [0.2, 0.25) is 5.82 Å². The summed E-state index contributed by atoms with van der Waals surface area (Å²) in [5.74, 6) is -3.60. The van der Waals surface area contributed by atoms with Crippen molar-refractivity contribution in [1.29, 1.82) is 0 Å². The predicted molar refractivity (Wildman–Crippen MR) is 77.5 cm³/mol. The second kappa shape index (κ2) is 6.93. The number of hydrogen-bond donors (Lipinski definition) is 1. The van der Waals surface area contributed by atoms with E-state index in [1.807, 2.05) is 13.8 Å². The molecule has 0 bridgehead atoms. The van der Waals surface area contributed by atoms with Crippen molar-refractivity contribution in [3.05, 3.63) is 39.4 Å². The molecule has 116 valence electrons. The fourth-order valence-electron chi connectivity index (χ4n) is 1.64. The number of halogens is 3. The Morgan fingerprint density at radius 2 is 2.05 bits per heavy atom. The lowest BCUT2D eigenvalue weighted by Gasteiger charge is -2.23. The molecule has 1 aromatic carbocycles. The Labute approximate surface area is 129 Å². The summed E-state index contributed by atoms with van der Waals surface area (Å²) in [6.07, 6.45) is 0.743. The zero-order valence-corrected chi connectivity index (χ0v) is 13.2. The van der Waals surface area contributed by atoms with Crippen LogP contribution in [0.5, 0.6) is 0 Å². The molecule has 1 rings (SSSR count). The lowest BCUT2D eigenvalue weighted by Crippen LogP contribution is -2.35. The molecule has 0 saturated heterocycles. The summed E-state index contributed by atoms with van der Waals surface area (Å²) in [6.45, 7) is 3.96. The van der Waals surface area contributed by atoms with E-state index >= 15 is 0 Å². The molecule has 0 heterocycles. The highest BCUT2D eigenvalue weighted by atomic mass is 79.9. The van der Waals surface area contributed by atoms with Gasteiger partial charge in [0.1, 0.15) is 11.4 Å². The Hall–Kier alpha value is -1.57. The molecule has 0 unspecified atom stereocenters. The second-order valence-electron chi connectivity index (χ2n) is 5.30. The average molecular weight is 365 g/mol. The van der Waals surface area contributed by atoms with Crippen molar-refractivity contribution >= 4 is 27.5 Å². The van der Waals surface area contributed by atoms with Gasteiger partial charge in [-0.3, -0.25) is 14.9 Å². The van der Waals surface area contributed by atoms with Crippen LogP contribution in [-0.2, 0) is 0 Å². The van der Waals surface area contributed by atoms with E-state index in [0.717, 1.165) is 11.8 Å². The molecule has 0 aliphatic heterocycles. The number of carbonyl (C=O) groups is 1. The third-order valence-electron chi connectivity index (χ3n) is 2.99. The summed E-state index contributed by atoms with van der Waals surface area (Å²) in [4.78, 5) is 21.5. The number of nitro groups is 1. The minimum Gasteiger partial charge on any atom is -0.351 e. The number of carbonyl (C=O) groups excluding carboxylic acids is 1. The lowest BCUT2D eigenvalue weighted by molar-refractivity contribution is -0.387. The van der Waals surface area contributed by atoms with E-state index in [9.17, 15) is 23.7 Å². The molecule has 8 heteroatoms. The first-order valence-corrected chi connectivity index (χ1v) is 7.28. The van der Waals surface area contributed by atoms with Gasteiger partial charge in [-0.25, -0.2) is 4.39 Å². The molecule has 0 aliphatic carbocycles. The van der Waals surface area contributed by atoms with Crippen LogP contribution in [0.1, 0.15) is 30.6 Å². The van der Waals surface area contributed by atoms with Crippen LogP contribution in [0.4, 0.5) is 14.5 Å². The summed E-state index contributed by atoms with van der Waals surface area (Å²) in [6, 6.07) is 1.40. The molecule has 0 aliphatic rings. The van der Waals surface area contributed by atoms with E-state index in [0.29, 0.717) is 12.1 Å². The number of amides is 1. The number of nitro benzene ring substituents is 1. The summed E-state index contributed by atoms with van der Waals surface area (Å²) < 4.78 is 27.4. The van der Waals surface area contributed by atoms with Gasteiger partial charge in [-0.1, -0.05) is 29.8 Å². The minimum atomic E-state index is -1.46. The van der Waals surface area contributed by atoms with Gasteiger partial charge in [0.15, 0.2) is 0 Å². The number of nitrogens with zero attached hydrogens (tertiary/aromatic N) is 1. The second-order valence-corrected chi connectivity index (χ2v) is 6.09. The van der Waals surface area contributed by atoms with Crippen LogP contribution in [0, 0.1) is 27.2 Å². The lowest BCUT2D eigenvalue weighted by atomic mass is 9.90. The standard InChI is InChI=1S/C13H15BrF2N2O3/c1-13(2,5-6-14)7-17-12(19)10-8(15)3-4-9(11(10)16)18(20)21/h3-4H,5-7H2,1-2H3,(H,17,19). The highest BCUT2D eigenvalue weighted by Crippen LogP contribution is 2.24. The fourth-order valence-corrected chi connectivity index (χ4v) is 2.72. The average Bonchev–Trinajstić information content (AvgIpc) is 2.36. The minimum absolute atomic E-state index is 0.193. The van der Waals surface area contributed by atoms with Crippen LogP contribution in [0.25, 0.3) is 0 Å². The van der Waals surface area contributed by atoms with Crippen molar-refractivity contribution in [1.82, 2.24) is 5.32 Å². The van der Waals surface area contributed by atoms with Gasteiger partial charge in [-0.15, -0.1) is 0 Å². The van der Waals surface area contributed by atoms with E-state index in [1.54, 1.807) is 0 Å². The van der Waals surface area contributed by atoms with Gasteiger partial charge in [0, 0.05) is 17.9 Å². The summed E-state index contributed by atoms with van der Waals surface area (Å²) in [5, 5.41) is 13.7.